The number of nitrogens with zero attached hydrogens (tertiary/aromatic N) is 1. The van der Waals surface area contributed by atoms with Crippen molar-refractivity contribution in [2.24, 2.45) is 5.92 Å². The predicted molar refractivity (Wildman–Crippen MR) is 75.4 cm³/mol. The molecule has 1 saturated carbocycles. The number of halogens is 1. The molecule has 1 fully saturated rings. The van der Waals surface area contributed by atoms with Crippen molar-refractivity contribution < 1.29 is 4.79 Å². The second-order valence-corrected chi connectivity index (χ2v) is 5.84. The summed E-state index contributed by atoms with van der Waals surface area (Å²) in [5.74, 6) is 0.610. The molecule has 0 radical (unpaired) electrons. The Morgan fingerprint density at radius 2 is 2.11 bits per heavy atom. The minimum Gasteiger partial charge on any atom is -0.349 e. The van der Waals surface area contributed by atoms with Gasteiger partial charge >= 0.3 is 0 Å². The molecule has 4 heteroatoms. The Hall–Kier alpha value is -0.900. The molecule has 3 nitrogen and oxygen atoms in total. The second kappa shape index (κ2) is 6.32. The summed E-state index contributed by atoms with van der Waals surface area (Å²) in [5, 5.41) is 3.09. The first kappa shape index (κ1) is 13.5. The average Bonchev–Trinajstić information content (AvgIpc) is 2.40. The standard InChI is InChI=1S/C14H19BrN2O/c1-10(11-5-3-2-4-6-11)17-14(18)12-7-8-13(15)16-9-12/h7-11H,2-6H2,1H3,(H,17,18). The summed E-state index contributed by atoms with van der Waals surface area (Å²) in [6.45, 7) is 2.11. The van der Waals surface area contributed by atoms with Crippen LogP contribution in [0.4, 0.5) is 0 Å². The third-order valence-corrected chi connectivity index (χ3v) is 4.17. The first-order valence-corrected chi connectivity index (χ1v) is 7.38. The fraction of sp³-hybridized carbons (Fsp3) is 0.571. The lowest BCUT2D eigenvalue weighted by molar-refractivity contribution is 0.0919. The molecule has 0 saturated heterocycles. The minimum absolute atomic E-state index is 0.0203. The van der Waals surface area contributed by atoms with Gasteiger partial charge in [-0.2, -0.15) is 0 Å². The van der Waals surface area contributed by atoms with E-state index in [4.69, 9.17) is 0 Å². The summed E-state index contributed by atoms with van der Waals surface area (Å²) in [6, 6.07) is 3.83. The molecule has 0 spiro atoms. The number of hydrogen-bond donors (Lipinski definition) is 1. The summed E-state index contributed by atoms with van der Waals surface area (Å²) >= 11 is 3.27. The van der Waals surface area contributed by atoms with Crippen LogP contribution in [-0.2, 0) is 0 Å². The maximum absolute atomic E-state index is 12.0. The number of aromatic nitrogens is 1. The lowest BCUT2D eigenvalue weighted by atomic mass is 9.84. The molecule has 1 aromatic heterocycles. The smallest absolute Gasteiger partial charge is 0.253 e. The number of carbonyl (C=O) groups is 1. The molecular formula is C14H19BrN2O. The van der Waals surface area contributed by atoms with Crippen LogP contribution in [0.25, 0.3) is 0 Å². The van der Waals surface area contributed by atoms with Crippen LogP contribution >= 0.6 is 15.9 Å². The summed E-state index contributed by atoms with van der Waals surface area (Å²) < 4.78 is 0.749. The third-order valence-electron chi connectivity index (χ3n) is 3.71. The van der Waals surface area contributed by atoms with Crippen LogP contribution < -0.4 is 5.32 Å². The number of amides is 1. The zero-order valence-electron chi connectivity index (χ0n) is 10.7. The molecule has 1 heterocycles. The van der Waals surface area contributed by atoms with Crippen molar-refractivity contribution in [2.75, 3.05) is 0 Å². The zero-order valence-corrected chi connectivity index (χ0v) is 12.2. The van der Waals surface area contributed by atoms with E-state index in [-0.39, 0.29) is 11.9 Å². The highest BCUT2D eigenvalue weighted by Crippen LogP contribution is 2.26. The van der Waals surface area contributed by atoms with Crippen LogP contribution in [0.5, 0.6) is 0 Å². The van der Waals surface area contributed by atoms with E-state index in [1.807, 2.05) is 0 Å². The van der Waals surface area contributed by atoms with Gasteiger partial charge in [-0.3, -0.25) is 4.79 Å². The quantitative estimate of drug-likeness (QED) is 0.868. The number of carbonyl (C=O) groups excluding carboxylic acids is 1. The van der Waals surface area contributed by atoms with E-state index in [9.17, 15) is 4.79 Å². The lowest BCUT2D eigenvalue weighted by Crippen LogP contribution is -2.38. The Morgan fingerprint density at radius 1 is 1.39 bits per heavy atom. The molecule has 18 heavy (non-hydrogen) atoms. The van der Waals surface area contributed by atoms with E-state index >= 15 is 0 Å². The average molecular weight is 311 g/mol. The van der Waals surface area contributed by atoms with E-state index in [1.165, 1.54) is 32.1 Å². The molecule has 1 amide bonds. The van der Waals surface area contributed by atoms with Gasteiger partial charge in [0.1, 0.15) is 4.60 Å². The second-order valence-electron chi connectivity index (χ2n) is 5.03. The van der Waals surface area contributed by atoms with Gasteiger partial charge in [0.25, 0.3) is 5.91 Å². The molecule has 1 aromatic rings. The predicted octanol–water partition coefficient (Wildman–Crippen LogP) is 3.54. The topological polar surface area (TPSA) is 42.0 Å². The Morgan fingerprint density at radius 3 is 2.72 bits per heavy atom. The Bertz CT molecular complexity index is 399. The Balaban J connectivity index is 1.91. The maximum atomic E-state index is 12.0. The van der Waals surface area contributed by atoms with Crippen molar-refractivity contribution in [3.8, 4) is 0 Å². The summed E-state index contributed by atoms with van der Waals surface area (Å²) in [6.07, 6.45) is 8.01. The molecule has 1 aliphatic carbocycles. The molecule has 98 valence electrons. The fourth-order valence-electron chi connectivity index (χ4n) is 2.55. The molecule has 1 unspecified atom stereocenters. The Labute approximate surface area is 117 Å². The van der Waals surface area contributed by atoms with E-state index in [2.05, 4.69) is 33.2 Å². The summed E-state index contributed by atoms with van der Waals surface area (Å²) in [7, 11) is 0. The van der Waals surface area contributed by atoms with Crippen molar-refractivity contribution in [1.82, 2.24) is 10.3 Å². The van der Waals surface area contributed by atoms with Crippen molar-refractivity contribution in [3.05, 3.63) is 28.5 Å². The van der Waals surface area contributed by atoms with Gasteiger partial charge in [-0.15, -0.1) is 0 Å². The van der Waals surface area contributed by atoms with Gasteiger partial charge in [-0.25, -0.2) is 4.98 Å². The number of nitrogens with one attached hydrogen (secondary N) is 1. The van der Waals surface area contributed by atoms with Crippen molar-refractivity contribution >= 4 is 21.8 Å². The van der Waals surface area contributed by atoms with Crippen LogP contribution in [0.2, 0.25) is 0 Å². The van der Waals surface area contributed by atoms with Gasteiger partial charge in [0, 0.05) is 12.2 Å². The molecular weight excluding hydrogens is 292 g/mol. The first-order chi connectivity index (χ1) is 8.66. The van der Waals surface area contributed by atoms with Crippen LogP contribution in [-0.4, -0.2) is 16.9 Å². The monoisotopic (exact) mass is 310 g/mol. The van der Waals surface area contributed by atoms with E-state index in [0.29, 0.717) is 11.5 Å². The van der Waals surface area contributed by atoms with Crippen molar-refractivity contribution in [3.63, 3.8) is 0 Å². The van der Waals surface area contributed by atoms with E-state index in [0.717, 1.165) is 4.60 Å². The van der Waals surface area contributed by atoms with Crippen LogP contribution in [0.1, 0.15) is 49.4 Å². The van der Waals surface area contributed by atoms with E-state index < -0.39 is 0 Å². The molecule has 0 aliphatic heterocycles. The summed E-state index contributed by atoms with van der Waals surface area (Å²) in [4.78, 5) is 16.1. The highest BCUT2D eigenvalue weighted by Gasteiger charge is 2.21. The van der Waals surface area contributed by atoms with Crippen LogP contribution in [0, 0.1) is 5.92 Å². The number of rotatable bonds is 3. The van der Waals surface area contributed by atoms with Gasteiger partial charge in [0.15, 0.2) is 0 Å². The fourth-order valence-corrected chi connectivity index (χ4v) is 2.79. The maximum Gasteiger partial charge on any atom is 0.253 e. The van der Waals surface area contributed by atoms with Crippen molar-refractivity contribution in [1.29, 1.82) is 0 Å². The number of pyridine rings is 1. The van der Waals surface area contributed by atoms with Gasteiger partial charge in [-0.1, -0.05) is 19.3 Å². The van der Waals surface area contributed by atoms with Gasteiger partial charge in [0.05, 0.1) is 5.56 Å². The molecule has 2 rings (SSSR count). The third kappa shape index (κ3) is 3.55. The Kier molecular flexibility index (Phi) is 4.75. The van der Waals surface area contributed by atoms with E-state index in [1.54, 1.807) is 18.3 Å². The SMILES string of the molecule is CC(NC(=O)c1ccc(Br)nc1)C1CCCCC1. The van der Waals surface area contributed by atoms with Gasteiger partial charge in [-0.05, 0) is 53.7 Å². The number of hydrogen-bond acceptors (Lipinski definition) is 2. The largest absolute Gasteiger partial charge is 0.349 e. The minimum atomic E-state index is -0.0203. The highest BCUT2D eigenvalue weighted by atomic mass is 79.9. The molecule has 1 aliphatic rings. The molecule has 0 aromatic carbocycles. The first-order valence-electron chi connectivity index (χ1n) is 6.59. The highest BCUT2D eigenvalue weighted by molar-refractivity contribution is 9.10. The zero-order chi connectivity index (χ0) is 13.0. The van der Waals surface area contributed by atoms with Crippen LogP contribution in [0.3, 0.4) is 0 Å². The van der Waals surface area contributed by atoms with Gasteiger partial charge in [0.2, 0.25) is 0 Å². The normalized spacial score (nSPS) is 18.3. The molecule has 1 N–H and O–H groups in total. The molecule has 0 bridgehead atoms. The van der Waals surface area contributed by atoms with Gasteiger partial charge < -0.3 is 5.32 Å². The lowest BCUT2D eigenvalue weighted by Gasteiger charge is -2.28. The van der Waals surface area contributed by atoms with Crippen molar-refractivity contribution in [2.45, 2.75) is 45.1 Å². The molecule has 1 atom stereocenters. The summed E-state index contributed by atoms with van der Waals surface area (Å²) in [5.41, 5.74) is 0.626. The van der Waals surface area contributed by atoms with Crippen LogP contribution in [0.15, 0.2) is 22.9 Å².